The molecule has 1 saturated heterocycles. The van der Waals surface area contributed by atoms with Gasteiger partial charge in [-0.05, 0) is 6.07 Å². The molecule has 1 atom stereocenters. The number of hydrogen-bond acceptors (Lipinski definition) is 4. The molecule has 7 heteroatoms. The summed E-state index contributed by atoms with van der Waals surface area (Å²) in [5.74, 6) is -0.298. The normalized spacial score (nSPS) is 19.7. The zero-order chi connectivity index (χ0) is 12.6. The average molecular weight is 301 g/mol. The van der Waals surface area contributed by atoms with Crippen LogP contribution in [0.25, 0.3) is 0 Å². The highest BCUT2D eigenvalue weighted by atomic mass is 79.9. The molecule has 0 saturated carbocycles. The largest absolute Gasteiger partial charge is 0.506 e. The Bertz CT molecular complexity index is 491. The molecule has 1 N–H and O–H groups in total. The molecule has 1 amide bonds. The first-order chi connectivity index (χ1) is 7.99. The highest BCUT2D eigenvalue weighted by molar-refractivity contribution is 9.09. The molecule has 1 heterocycles. The Hall–Kier alpha value is -1.63. The van der Waals surface area contributed by atoms with Crippen LogP contribution in [0.2, 0.25) is 0 Å². The number of phenols is 1. The first-order valence-electron chi connectivity index (χ1n) is 4.91. The van der Waals surface area contributed by atoms with E-state index in [1.165, 1.54) is 23.1 Å². The minimum absolute atomic E-state index is 0.00802. The summed E-state index contributed by atoms with van der Waals surface area (Å²) < 4.78 is 0. The van der Waals surface area contributed by atoms with Gasteiger partial charge in [0.05, 0.1) is 10.6 Å². The SMILES string of the molecule is O=C1CC(Br)CN1c1cc([N+](=O)[O-])ccc1O. The van der Waals surface area contributed by atoms with Gasteiger partial charge in [0.25, 0.3) is 5.69 Å². The Morgan fingerprint density at radius 2 is 2.24 bits per heavy atom. The molecule has 1 aliphatic heterocycles. The number of halogens is 1. The lowest BCUT2D eigenvalue weighted by atomic mass is 10.2. The van der Waals surface area contributed by atoms with E-state index in [-0.39, 0.29) is 27.9 Å². The number of nitrogens with zero attached hydrogens (tertiary/aromatic N) is 2. The molecule has 0 spiro atoms. The fourth-order valence-corrected chi connectivity index (χ4v) is 2.30. The van der Waals surface area contributed by atoms with Gasteiger partial charge in [0.1, 0.15) is 5.75 Å². The van der Waals surface area contributed by atoms with Gasteiger partial charge in [-0.2, -0.15) is 0 Å². The average Bonchev–Trinajstić information content (AvgIpc) is 2.58. The van der Waals surface area contributed by atoms with Crippen LogP contribution >= 0.6 is 15.9 Å². The van der Waals surface area contributed by atoms with E-state index in [2.05, 4.69) is 15.9 Å². The Labute approximate surface area is 105 Å². The van der Waals surface area contributed by atoms with Crippen molar-refractivity contribution >= 4 is 33.2 Å². The number of amides is 1. The summed E-state index contributed by atoms with van der Waals surface area (Å²) >= 11 is 3.31. The van der Waals surface area contributed by atoms with Gasteiger partial charge in [0.15, 0.2) is 0 Å². The Morgan fingerprint density at radius 3 is 2.76 bits per heavy atom. The van der Waals surface area contributed by atoms with Gasteiger partial charge in [0.2, 0.25) is 5.91 Å². The number of rotatable bonds is 2. The molecular weight excluding hydrogens is 292 g/mol. The molecule has 17 heavy (non-hydrogen) atoms. The number of hydrogen-bond donors (Lipinski definition) is 1. The second kappa shape index (κ2) is 4.33. The second-order valence-corrected chi connectivity index (χ2v) is 5.03. The lowest BCUT2D eigenvalue weighted by molar-refractivity contribution is -0.384. The Kier molecular flexibility index (Phi) is 3.01. The number of alkyl halides is 1. The van der Waals surface area contributed by atoms with Gasteiger partial charge in [-0.3, -0.25) is 14.9 Å². The molecule has 1 aromatic carbocycles. The molecule has 1 fully saturated rings. The molecule has 1 aliphatic rings. The zero-order valence-electron chi connectivity index (χ0n) is 8.67. The fraction of sp³-hybridized carbons (Fsp3) is 0.300. The van der Waals surface area contributed by atoms with Crippen molar-refractivity contribution < 1.29 is 14.8 Å². The monoisotopic (exact) mass is 300 g/mol. The smallest absolute Gasteiger partial charge is 0.271 e. The molecule has 2 rings (SSSR count). The van der Waals surface area contributed by atoms with Gasteiger partial charge < -0.3 is 10.0 Å². The first-order valence-corrected chi connectivity index (χ1v) is 5.82. The molecule has 0 bridgehead atoms. The van der Waals surface area contributed by atoms with E-state index in [9.17, 15) is 20.0 Å². The lowest BCUT2D eigenvalue weighted by Crippen LogP contribution is -2.24. The molecule has 90 valence electrons. The molecule has 0 aliphatic carbocycles. The Balaban J connectivity index is 2.41. The van der Waals surface area contributed by atoms with E-state index in [0.717, 1.165) is 0 Å². The van der Waals surface area contributed by atoms with Crippen LogP contribution in [0.15, 0.2) is 18.2 Å². The van der Waals surface area contributed by atoms with Crippen LogP contribution in [-0.2, 0) is 4.79 Å². The van der Waals surface area contributed by atoms with Gasteiger partial charge in [-0.25, -0.2) is 0 Å². The van der Waals surface area contributed by atoms with Crippen molar-refractivity contribution in [3.05, 3.63) is 28.3 Å². The van der Waals surface area contributed by atoms with Gasteiger partial charge in [-0.1, -0.05) is 15.9 Å². The van der Waals surface area contributed by atoms with Crippen molar-refractivity contribution in [1.29, 1.82) is 0 Å². The van der Waals surface area contributed by atoms with E-state index in [1.54, 1.807) is 0 Å². The summed E-state index contributed by atoms with van der Waals surface area (Å²) in [5.41, 5.74) is 0.0368. The van der Waals surface area contributed by atoms with Crippen molar-refractivity contribution in [1.82, 2.24) is 0 Å². The van der Waals surface area contributed by atoms with Crippen LogP contribution in [-0.4, -0.2) is 27.3 Å². The van der Waals surface area contributed by atoms with Crippen LogP contribution in [0.3, 0.4) is 0 Å². The zero-order valence-corrected chi connectivity index (χ0v) is 10.3. The number of phenolic OH excluding ortho intramolecular Hbond substituents is 1. The van der Waals surface area contributed by atoms with E-state index in [0.29, 0.717) is 13.0 Å². The van der Waals surface area contributed by atoms with Crippen molar-refractivity contribution in [2.45, 2.75) is 11.2 Å². The molecule has 1 unspecified atom stereocenters. The van der Waals surface area contributed by atoms with E-state index >= 15 is 0 Å². The maximum Gasteiger partial charge on any atom is 0.271 e. The van der Waals surface area contributed by atoms with Gasteiger partial charge in [0, 0.05) is 29.9 Å². The number of aromatic hydroxyl groups is 1. The number of benzene rings is 1. The third kappa shape index (κ3) is 2.23. The number of non-ortho nitro benzene ring substituents is 1. The molecule has 6 nitrogen and oxygen atoms in total. The summed E-state index contributed by atoms with van der Waals surface area (Å²) in [5, 5.41) is 20.3. The van der Waals surface area contributed by atoms with Crippen LogP contribution in [0, 0.1) is 10.1 Å². The van der Waals surface area contributed by atoms with E-state index < -0.39 is 4.92 Å². The minimum Gasteiger partial charge on any atom is -0.506 e. The molecule has 0 aromatic heterocycles. The van der Waals surface area contributed by atoms with Crippen molar-refractivity contribution in [2.75, 3.05) is 11.4 Å². The first kappa shape index (κ1) is 11.8. The van der Waals surface area contributed by atoms with Crippen LogP contribution < -0.4 is 4.90 Å². The van der Waals surface area contributed by atoms with Crippen LogP contribution in [0.1, 0.15) is 6.42 Å². The van der Waals surface area contributed by atoms with E-state index in [4.69, 9.17) is 0 Å². The predicted molar refractivity (Wildman–Crippen MR) is 64.4 cm³/mol. The van der Waals surface area contributed by atoms with Crippen molar-refractivity contribution in [3.8, 4) is 5.75 Å². The van der Waals surface area contributed by atoms with Gasteiger partial charge >= 0.3 is 0 Å². The Morgan fingerprint density at radius 1 is 1.53 bits per heavy atom. The second-order valence-electron chi connectivity index (χ2n) is 3.74. The van der Waals surface area contributed by atoms with Gasteiger partial charge in [-0.15, -0.1) is 0 Å². The standard InChI is InChI=1S/C10H9BrN2O4/c11-6-3-10(15)12(5-6)8-4-7(13(16)17)1-2-9(8)14/h1-2,4,6,14H,3,5H2. The number of nitro benzene ring substituents is 1. The van der Waals surface area contributed by atoms with Crippen LogP contribution in [0.5, 0.6) is 5.75 Å². The fourth-order valence-electron chi connectivity index (χ4n) is 1.74. The maximum absolute atomic E-state index is 11.6. The summed E-state index contributed by atoms with van der Waals surface area (Å²) in [6.07, 6.45) is 0.322. The highest BCUT2D eigenvalue weighted by Gasteiger charge is 2.31. The molecule has 1 aromatic rings. The van der Waals surface area contributed by atoms with Crippen molar-refractivity contribution in [3.63, 3.8) is 0 Å². The molecular formula is C10H9BrN2O4. The number of nitro groups is 1. The number of carbonyl (C=O) groups is 1. The minimum atomic E-state index is -0.560. The van der Waals surface area contributed by atoms with Crippen molar-refractivity contribution in [2.24, 2.45) is 0 Å². The van der Waals surface area contributed by atoms with Crippen LogP contribution in [0.4, 0.5) is 11.4 Å². The molecule has 0 radical (unpaired) electrons. The number of carbonyl (C=O) groups excluding carboxylic acids is 1. The quantitative estimate of drug-likeness (QED) is 0.513. The highest BCUT2D eigenvalue weighted by Crippen LogP contribution is 2.34. The third-order valence-electron chi connectivity index (χ3n) is 2.54. The predicted octanol–water partition coefficient (Wildman–Crippen LogP) is 1.80. The topological polar surface area (TPSA) is 83.7 Å². The number of anilines is 1. The summed E-state index contributed by atoms with van der Waals surface area (Å²) in [4.78, 5) is 23.1. The van der Waals surface area contributed by atoms with E-state index in [1.807, 2.05) is 0 Å². The lowest BCUT2D eigenvalue weighted by Gasteiger charge is -2.16. The maximum atomic E-state index is 11.6. The summed E-state index contributed by atoms with van der Waals surface area (Å²) in [7, 11) is 0. The summed E-state index contributed by atoms with van der Waals surface area (Å²) in [6.45, 7) is 0.396. The third-order valence-corrected chi connectivity index (χ3v) is 3.15. The summed E-state index contributed by atoms with van der Waals surface area (Å²) in [6, 6.07) is 3.63.